The summed E-state index contributed by atoms with van der Waals surface area (Å²) in [5.74, 6) is -0.329. The molecule has 2 amide bonds. The van der Waals surface area contributed by atoms with Gasteiger partial charge in [-0.3, -0.25) is 9.59 Å². The fraction of sp³-hybridized carbons (Fsp3) is 0.263. The zero-order valence-electron chi connectivity index (χ0n) is 15.5. The first kappa shape index (κ1) is 20.0. The second kappa shape index (κ2) is 8.88. The van der Waals surface area contributed by atoms with Gasteiger partial charge in [0.15, 0.2) is 11.5 Å². The molecule has 0 saturated carbocycles. The van der Waals surface area contributed by atoms with Crippen LogP contribution in [0.2, 0.25) is 0 Å². The van der Waals surface area contributed by atoms with Crippen LogP contribution in [-0.2, 0) is 4.79 Å². The van der Waals surface area contributed by atoms with Gasteiger partial charge in [0.25, 0.3) is 5.91 Å². The van der Waals surface area contributed by atoms with E-state index in [1.807, 2.05) is 0 Å². The number of halogens is 1. The quantitative estimate of drug-likeness (QED) is 0.776. The molecular weight excluding hydrogens is 355 g/mol. The van der Waals surface area contributed by atoms with Crippen molar-refractivity contribution in [3.63, 3.8) is 0 Å². The highest BCUT2D eigenvalue weighted by Gasteiger charge is 2.20. The van der Waals surface area contributed by atoms with Crippen molar-refractivity contribution in [1.29, 1.82) is 0 Å². The molecule has 0 unspecified atom stereocenters. The Labute approximate surface area is 156 Å². The SMILES string of the molecule is COc1cc(C(=O)N[C@@H](C)C(=O)Nc2ccc(F)cc2)cc(OC)c1OC. The van der Waals surface area contributed by atoms with Gasteiger partial charge in [-0.25, -0.2) is 4.39 Å². The Morgan fingerprint density at radius 1 is 0.963 bits per heavy atom. The number of amides is 2. The molecule has 8 heteroatoms. The first-order valence-electron chi connectivity index (χ1n) is 8.07. The van der Waals surface area contributed by atoms with E-state index in [0.29, 0.717) is 22.9 Å². The van der Waals surface area contributed by atoms with E-state index in [1.54, 1.807) is 0 Å². The Kier molecular flexibility index (Phi) is 6.59. The van der Waals surface area contributed by atoms with E-state index in [1.165, 1.54) is 64.7 Å². The van der Waals surface area contributed by atoms with Crippen LogP contribution in [0.5, 0.6) is 17.2 Å². The van der Waals surface area contributed by atoms with Crippen LogP contribution in [0.3, 0.4) is 0 Å². The fourth-order valence-electron chi connectivity index (χ4n) is 2.34. The molecule has 7 nitrogen and oxygen atoms in total. The van der Waals surface area contributed by atoms with E-state index in [9.17, 15) is 14.0 Å². The minimum atomic E-state index is -0.832. The second-order valence-corrected chi connectivity index (χ2v) is 5.61. The van der Waals surface area contributed by atoms with Crippen molar-refractivity contribution < 1.29 is 28.2 Å². The summed E-state index contributed by atoms with van der Waals surface area (Å²) < 4.78 is 28.6. The Bertz CT molecular complexity index is 798. The molecule has 2 aromatic carbocycles. The molecule has 0 spiro atoms. The molecule has 0 heterocycles. The number of methoxy groups -OCH3 is 3. The number of carbonyl (C=O) groups is 2. The molecule has 0 aromatic heterocycles. The number of carbonyl (C=O) groups excluding carboxylic acids is 2. The number of rotatable bonds is 7. The first-order valence-corrected chi connectivity index (χ1v) is 8.07. The van der Waals surface area contributed by atoms with Crippen LogP contribution in [0.4, 0.5) is 10.1 Å². The Morgan fingerprint density at radius 2 is 1.52 bits per heavy atom. The lowest BCUT2D eigenvalue weighted by molar-refractivity contribution is -0.117. The Hall–Kier alpha value is -3.29. The number of benzene rings is 2. The van der Waals surface area contributed by atoms with Gasteiger partial charge in [0.05, 0.1) is 21.3 Å². The van der Waals surface area contributed by atoms with E-state index >= 15 is 0 Å². The van der Waals surface area contributed by atoms with Crippen LogP contribution in [0.1, 0.15) is 17.3 Å². The van der Waals surface area contributed by atoms with Gasteiger partial charge in [-0.2, -0.15) is 0 Å². The maximum Gasteiger partial charge on any atom is 0.252 e. The normalized spacial score (nSPS) is 11.3. The standard InChI is InChI=1S/C19H21FN2O5/c1-11(18(23)22-14-7-5-13(20)6-8-14)21-19(24)12-9-15(25-2)17(27-4)16(10-12)26-3/h5-11H,1-4H3,(H,21,24)(H,22,23)/t11-/m0/s1. The third kappa shape index (κ3) is 4.87. The lowest BCUT2D eigenvalue weighted by Crippen LogP contribution is -2.41. The highest BCUT2D eigenvalue weighted by atomic mass is 19.1. The van der Waals surface area contributed by atoms with Crippen LogP contribution < -0.4 is 24.8 Å². The van der Waals surface area contributed by atoms with Gasteiger partial charge in [-0.15, -0.1) is 0 Å². The van der Waals surface area contributed by atoms with Gasteiger partial charge in [-0.1, -0.05) is 0 Å². The van der Waals surface area contributed by atoms with E-state index in [4.69, 9.17) is 14.2 Å². The maximum absolute atomic E-state index is 12.9. The average Bonchev–Trinajstić information content (AvgIpc) is 2.68. The monoisotopic (exact) mass is 376 g/mol. The Morgan fingerprint density at radius 3 is 2.00 bits per heavy atom. The van der Waals surface area contributed by atoms with Crippen LogP contribution in [0.25, 0.3) is 0 Å². The summed E-state index contributed by atoms with van der Waals surface area (Å²) in [6.45, 7) is 1.54. The van der Waals surface area contributed by atoms with Crippen molar-refractivity contribution in [3.8, 4) is 17.2 Å². The number of nitrogens with one attached hydrogen (secondary N) is 2. The molecule has 0 aliphatic rings. The van der Waals surface area contributed by atoms with Crippen molar-refractivity contribution in [2.24, 2.45) is 0 Å². The average molecular weight is 376 g/mol. The van der Waals surface area contributed by atoms with Crippen molar-refractivity contribution in [1.82, 2.24) is 5.32 Å². The zero-order chi connectivity index (χ0) is 20.0. The third-order valence-electron chi connectivity index (χ3n) is 3.78. The molecule has 144 valence electrons. The minimum absolute atomic E-state index is 0.242. The summed E-state index contributed by atoms with van der Waals surface area (Å²) in [6, 6.07) is 7.47. The van der Waals surface area contributed by atoms with E-state index in [0.717, 1.165) is 0 Å². The predicted molar refractivity (Wildman–Crippen MR) is 98.1 cm³/mol. The summed E-state index contributed by atoms with van der Waals surface area (Å²) >= 11 is 0. The molecule has 0 aliphatic carbocycles. The maximum atomic E-state index is 12.9. The summed E-state index contributed by atoms with van der Waals surface area (Å²) in [6.07, 6.45) is 0. The molecule has 1 atom stereocenters. The van der Waals surface area contributed by atoms with Crippen molar-refractivity contribution >= 4 is 17.5 Å². The van der Waals surface area contributed by atoms with Crippen LogP contribution in [-0.4, -0.2) is 39.2 Å². The van der Waals surface area contributed by atoms with Gasteiger partial charge in [0.2, 0.25) is 11.7 Å². The molecule has 0 bridgehead atoms. The van der Waals surface area contributed by atoms with E-state index < -0.39 is 23.7 Å². The summed E-state index contributed by atoms with van der Waals surface area (Å²) in [5, 5.41) is 5.19. The lowest BCUT2D eigenvalue weighted by Gasteiger charge is -2.16. The van der Waals surface area contributed by atoms with Crippen molar-refractivity contribution in [2.45, 2.75) is 13.0 Å². The smallest absolute Gasteiger partial charge is 0.252 e. The molecule has 2 aromatic rings. The highest BCUT2D eigenvalue weighted by molar-refractivity contribution is 6.01. The molecule has 0 radical (unpaired) electrons. The van der Waals surface area contributed by atoms with Crippen molar-refractivity contribution in [3.05, 3.63) is 47.8 Å². The molecule has 0 aliphatic heterocycles. The molecule has 0 saturated heterocycles. The van der Waals surface area contributed by atoms with Crippen LogP contribution in [0.15, 0.2) is 36.4 Å². The topological polar surface area (TPSA) is 85.9 Å². The van der Waals surface area contributed by atoms with Gasteiger partial charge >= 0.3 is 0 Å². The zero-order valence-corrected chi connectivity index (χ0v) is 15.5. The molecular formula is C19H21FN2O5. The second-order valence-electron chi connectivity index (χ2n) is 5.61. The minimum Gasteiger partial charge on any atom is -0.493 e. The lowest BCUT2D eigenvalue weighted by atomic mass is 10.1. The van der Waals surface area contributed by atoms with Gasteiger partial charge < -0.3 is 24.8 Å². The van der Waals surface area contributed by atoms with Gasteiger partial charge in [0, 0.05) is 11.3 Å². The van der Waals surface area contributed by atoms with Crippen LogP contribution >= 0.6 is 0 Å². The number of ether oxygens (including phenoxy) is 3. The summed E-state index contributed by atoms with van der Waals surface area (Å²) in [5.41, 5.74) is 0.668. The van der Waals surface area contributed by atoms with E-state index in [2.05, 4.69) is 10.6 Å². The summed E-state index contributed by atoms with van der Waals surface area (Å²) in [7, 11) is 4.34. The number of hydrogen-bond donors (Lipinski definition) is 2. The van der Waals surface area contributed by atoms with Gasteiger partial charge in [0.1, 0.15) is 11.9 Å². The molecule has 2 N–H and O–H groups in total. The van der Waals surface area contributed by atoms with Crippen molar-refractivity contribution in [2.75, 3.05) is 26.6 Å². The molecule has 0 fully saturated rings. The largest absolute Gasteiger partial charge is 0.493 e. The first-order chi connectivity index (χ1) is 12.9. The molecule has 2 rings (SSSR count). The predicted octanol–water partition coefficient (Wildman–Crippen LogP) is 2.61. The Balaban J connectivity index is 2.11. The summed E-state index contributed by atoms with van der Waals surface area (Å²) in [4.78, 5) is 24.7. The fourth-order valence-corrected chi connectivity index (χ4v) is 2.34. The third-order valence-corrected chi connectivity index (χ3v) is 3.78. The van der Waals surface area contributed by atoms with Gasteiger partial charge in [-0.05, 0) is 43.3 Å². The van der Waals surface area contributed by atoms with E-state index in [-0.39, 0.29) is 5.56 Å². The highest BCUT2D eigenvalue weighted by Crippen LogP contribution is 2.38. The number of anilines is 1. The number of hydrogen-bond acceptors (Lipinski definition) is 5. The van der Waals surface area contributed by atoms with Crippen LogP contribution in [0, 0.1) is 5.82 Å². The molecule has 27 heavy (non-hydrogen) atoms.